The second-order valence-corrected chi connectivity index (χ2v) is 6.31. The molecule has 2 rings (SSSR count). The van der Waals surface area contributed by atoms with Crippen molar-refractivity contribution in [3.63, 3.8) is 0 Å². The van der Waals surface area contributed by atoms with Gasteiger partial charge in [0.1, 0.15) is 16.5 Å². The molecule has 0 saturated carbocycles. The van der Waals surface area contributed by atoms with E-state index in [1.165, 1.54) is 6.07 Å². The Morgan fingerprint density at radius 2 is 2.10 bits per heavy atom. The number of sulfonamides is 1. The third kappa shape index (κ3) is 3.66. The highest BCUT2D eigenvalue weighted by Gasteiger charge is 2.20. The molecule has 2 N–H and O–H groups in total. The van der Waals surface area contributed by atoms with E-state index in [1.54, 1.807) is 37.1 Å². The van der Waals surface area contributed by atoms with Crippen LogP contribution in [0.2, 0.25) is 0 Å². The van der Waals surface area contributed by atoms with Crippen LogP contribution < -0.4 is 10.0 Å². The minimum Gasteiger partial charge on any atom is -0.337 e. The quantitative estimate of drug-likeness (QED) is 0.825. The van der Waals surface area contributed by atoms with Crippen LogP contribution in [0.1, 0.15) is 11.4 Å². The molecule has 0 spiro atoms. The number of imidazole rings is 1. The van der Waals surface area contributed by atoms with Crippen LogP contribution in [0.4, 0.5) is 4.39 Å². The first-order valence-corrected chi connectivity index (χ1v) is 7.81. The Kier molecular flexibility index (Phi) is 4.71. The van der Waals surface area contributed by atoms with Crippen molar-refractivity contribution in [1.29, 1.82) is 0 Å². The number of aryl methyl sites for hydroxylation is 1. The lowest BCUT2D eigenvalue weighted by atomic mass is 10.2. The molecule has 0 atom stereocenters. The first-order valence-electron chi connectivity index (χ1n) is 6.33. The van der Waals surface area contributed by atoms with Crippen LogP contribution in [0.25, 0.3) is 0 Å². The van der Waals surface area contributed by atoms with Crippen LogP contribution in [0, 0.1) is 5.82 Å². The van der Waals surface area contributed by atoms with Crippen LogP contribution in [0.5, 0.6) is 0 Å². The van der Waals surface area contributed by atoms with E-state index in [4.69, 9.17) is 0 Å². The SMILES string of the molecule is CNCc1ccc(F)c(S(=O)(=O)NCc2nccn2C)c1. The van der Waals surface area contributed by atoms with Crippen LogP contribution in [-0.4, -0.2) is 25.0 Å². The number of benzene rings is 1. The van der Waals surface area contributed by atoms with Crippen molar-refractivity contribution in [2.75, 3.05) is 7.05 Å². The van der Waals surface area contributed by atoms with E-state index in [2.05, 4.69) is 15.0 Å². The molecule has 0 amide bonds. The van der Waals surface area contributed by atoms with Crippen molar-refractivity contribution in [3.8, 4) is 0 Å². The predicted molar refractivity (Wildman–Crippen MR) is 76.4 cm³/mol. The van der Waals surface area contributed by atoms with Gasteiger partial charge in [-0.25, -0.2) is 22.5 Å². The summed E-state index contributed by atoms with van der Waals surface area (Å²) in [6.07, 6.45) is 3.27. The third-order valence-electron chi connectivity index (χ3n) is 3.01. The molecule has 0 fully saturated rings. The van der Waals surface area contributed by atoms with E-state index >= 15 is 0 Å². The van der Waals surface area contributed by atoms with Gasteiger partial charge in [-0.05, 0) is 24.7 Å². The normalized spacial score (nSPS) is 11.8. The zero-order valence-corrected chi connectivity index (χ0v) is 12.6. The highest BCUT2D eigenvalue weighted by molar-refractivity contribution is 7.89. The van der Waals surface area contributed by atoms with E-state index in [0.717, 1.165) is 6.07 Å². The topological polar surface area (TPSA) is 76.0 Å². The van der Waals surface area contributed by atoms with Crippen LogP contribution >= 0.6 is 0 Å². The predicted octanol–water partition coefficient (Wildman–Crippen LogP) is 0.757. The summed E-state index contributed by atoms with van der Waals surface area (Å²) in [5.41, 5.74) is 0.691. The minimum absolute atomic E-state index is 0.00152. The Morgan fingerprint density at radius 1 is 1.33 bits per heavy atom. The van der Waals surface area contributed by atoms with Crippen molar-refractivity contribution in [3.05, 3.63) is 47.8 Å². The zero-order valence-electron chi connectivity index (χ0n) is 11.8. The van der Waals surface area contributed by atoms with Crippen molar-refractivity contribution < 1.29 is 12.8 Å². The fraction of sp³-hybridized carbons (Fsp3) is 0.308. The lowest BCUT2D eigenvalue weighted by Gasteiger charge is -2.09. The summed E-state index contributed by atoms with van der Waals surface area (Å²) in [6, 6.07) is 4.03. The lowest BCUT2D eigenvalue weighted by molar-refractivity contribution is 0.553. The molecule has 114 valence electrons. The number of hydrogen-bond donors (Lipinski definition) is 2. The Morgan fingerprint density at radius 3 is 2.71 bits per heavy atom. The Hall–Kier alpha value is -1.77. The molecule has 1 heterocycles. The number of aromatic nitrogens is 2. The van der Waals surface area contributed by atoms with Crippen LogP contribution in [0.15, 0.2) is 35.5 Å². The van der Waals surface area contributed by atoms with E-state index in [9.17, 15) is 12.8 Å². The van der Waals surface area contributed by atoms with E-state index in [1.807, 2.05) is 0 Å². The summed E-state index contributed by atoms with van der Waals surface area (Å²) >= 11 is 0. The van der Waals surface area contributed by atoms with Crippen LogP contribution in [-0.2, 0) is 30.2 Å². The molecule has 0 aliphatic heterocycles. The van der Waals surface area contributed by atoms with Gasteiger partial charge in [0.2, 0.25) is 10.0 Å². The molecule has 0 radical (unpaired) electrons. The van der Waals surface area contributed by atoms with Gasteiger partial charge in [0.05, 0.1) is 6.54 Å². The Labute approximate surface area is 123 Å². The second kappa shape index (κ2) is 6.33. The van der Waals surface area contributed by atoms with Gasteiger partial charge in [-0.15, -0.1) is 0 Å². The number of nitrogens with zero attached hydrogens (tertiary/aromatic N) is 2. The Bertz CT molecular complexity index is 728. The standard InChI is InChI=1S/C13H17FN4O2S/c1-15-8-10-3-4-11(14)12(7-10)21(19,20)17-9-13-16-5-6-18(13)2/h3-7,15,17H,8-9H2,1-2H3. The monoisotopic (exact) mass is 312 g/mol. The smallest absolute Gasteiger partial charge is 0.243 e. The fourth-order valence-electron chi connectivity index (χ4n) is 1.87. The van der Waals surface area contributed by atoms with E-state index < -0.39 is 15.8 Å². The van der Waals surface area contributed by atoms with Gasteiger partial charge in [0, 0.05) is 26.0 Å². The molecular weight excluding hydrogens is 295 g/mol. The fourth-order valence-corrected chi connectivity index (χ4v) is 2.98. The summed E-state index contributed by atoms with van der Waals surface area (Å²) in [5.74, 6) is -0.229. The molecule has 0 saturated heterocycles. The van der Waals surface area contributed by atoms with Crippen LogP contribution in [0.3, 0.4) is 0 Å². The van der Waals surface area contributed by atoms with E-state index in [0.29, 0.717) is 17.9 Å². The average molecular weight is 312 g/mol. The van der Waals surface area contributed by atoms with Crippen molar-refractivity contribution in [1.82, 2.24) is 19.6 Å². The van der Waals surface area contributed by atoms with Gasteiger partial charge < -0.3 is 9.88 Å². The molecule has 2 aromatic rings. The maximum Gasteiger partial charge on any atom is 0.243 e. The van der Waals surface area contributed by atoms with Gasteiger partial charge in [0.15, 0.2) is 0 Å². The summed E-state index contributed by atoms with van der Waals surface area (Å²) in [7, 11) is -0.443. The summed E-state index contributed by atoms with van der Waals surface area (Å²) < 4.78 is 42.3. The summed E-state index contributed by atoms with van der Waals surface area (Å²) in [5, 5.41) is 2.89. The largest absolute Gasteiger partial charge is 0.337 e. The van der Waals surface area contributed by atoms with Crippen molar-refractivity contribution in [2.45, 2.75) is 18.0 Å². The van der Waals surface area contributed by atoms with Gasteiger partial charge >= 0.3 is 0 Å². The van der Waals surface area contributed by atoms with Gasteiger partial charge in [-0.1, -0.05) is 6.07 Å². The highest BCUT2D eigenvalue weighted by atomic mass is 32.2. The summed E-state index contributed by atoms with van der Waals surface area (Å²) in [6.45, 7) is 0.462. The first kappa shape index (κ1) is 15.6. The molecule has 0 unspecified atom stereocenters. The molecule has 1 aromatic heterocycles. The molecule has 1 aromatic carbocycles. The van der Waals surface area contributed by atoms with Gasteiger partial charge in [-0.2, -0.15) is 0 Å². The van der Waals surface area contributed by atoms with Gasteiger partial charge in [-0.3, -0.25) is 0 Å². The Balaban J connectivity index is 2.22. The molecule has 21 heavy (non-hydrogen) atoms. The van der Waals surface area contributed by atoms with E-state index in [-0.39, 0.29) is 11.4 Å². The minimum atomic E-state index is -3.93. The second-order valence-electron chi connectivity index (χ2n) is 4.57. The molecule has 0 aliphatic carbocycles. The molecular formula is C13H17FN4O2S. The number of halogens is 1. The van der Waals surface area contributed by atoms with Crippen molar-refractivity contribution >= 4 is 10.0 Å². The summed E-state index contributed by atoms with van der Waals surface area (Å²) in [4.78, 5) is 3.66. The molecule has 6 nitrogen and oxygen atoms in total. The third-order valence-corrected chi connectivity index (χ3v) is 4.42. The highest BCUT2D eigenvalue weighted by Crippen LogP contribution is 2.16. The number of hydrogen-bond acceptors (Lipinski definition) is 4. The maximum absolute atomic E-state index is 13.8. The van der Waals surface area contributed by atoms with Crippen molar-refractivity contribution in [2.24, 2.45) is 7.05 Å². The average Bonchev–Trinajstić information content (AvgIpc) is 2.84. The zero-order chi connectivity index (χ0) is 15.5. The molecule has 8 heteroatoms. The molecule has 0 aliphatic rings. The first-order chi connectivity index (χ1) is 9.94. The molecule has 0 bridgehead atoms. The maximum atomic E-state index is 13.8. The lowest BCUT2D eigenvalue weighted by Crippen LogP contribution is -2.26. The van der Waals surface area contributed by atoms with Gasteiger partial charge in [0.25, 0.3) is 0 Å². The number of rotatable bonds is 6. The number of nitrogens with one attached hydrogen (secondary N) is 2.